The van der Waals surface area contributed by atoms with Gasteiger partial charge in [-0.2, -0.15) is 0 Å². The zero-order valence-corrected chi connectivity index (χ0v) is 20.4. The van der Waals surface area contributed by atoms with Crippen LogP contribution in [0.4, 0.5) is 8.78 Å². The molecule has 0 radical (unpaired) electrons. The Labute approximate surface area is 203 Å². The molecule has 32 heavy (non-hydrogen) atoms. The van der Waals surface area contributed by atoms with Gasteiger partial charge >= 0.3 is 0 Å². The van der Waals surface area contributed by atoms with Crippen molar-refractivity contribution in [3.8, 4) is 0 Å². The third-order valence-electron chi connectivity index (χ3n) is 5.06. The number of guanidine groups is 1. The second kappa shape index (κ2) is 11.9. The number of rotatable bonds is 8. The number of aliphatic imine (C=N–C) groups is 1. The number of nitrogens with one attached hydrogen (secondary N) is 2. The lowest BCUT2D eigenvalue weighted by Crippen LogP contribution is -2.39. The van der Waals surface area contributed by atoms with Gasteiger partial charge in [-0.15, -0.1) is 24.0 Å². The predicted molar refractivity (Wildman–Crippen MR) is 130 cm³/mol. The van der Waals surface area contributed by atoms with E-state index in [-0.39, 0.29) is 35.8 Å². The number of unbranched alkanes of at least 4 members (excludes halogenated alkanes) is 1. The van der Waals surface area contributed by atoms with Gasteiger partial charge in [0.05, 0.1) is 17.2 Å². The summed E-state index contributed by atoms with van der Waals surface area (Å²) < 4.78 is 27.1. The highest BCUT2D eigenvalue weighted by Gasteiger charge is 2.34. The molecule has 0 fully saturated rings. The van der Waals surface area contributed by atoms with Crippen LogP contribution in [0.5, 0.6) is 0 Å². The number of halogens is 3. The number of carbonyl (C=O) groups is 2. The zero-order chi connectivity index (χ0) is 22.4. The molecule has 1 atom stereocenters. The van der Waals surface area contributed by atoms with E-state index in [0.717, 1.165) is 6.07 Å². The summed E-state index contributed by atoms with van der Waals surface area (Å²) in [4.78, 5) is 30.5. The van der Waals surface area contributed by atoms with E-state index in [2.05, 4.69) is 15.6 Å². The van der Waals surface area contributed by atoms with Crippen LogP contribution in [0.3, 0.4) is 0 Å². The molecule has 0 bridgehead atoms. The van der Waals surface area contributed by atoms with Crippen LogP contribution >= 0.6 is 24.0 Å². The molecule has 0 spiro atoms. The van der Waals surface area contributed by atoms with E-state index in [4.69, 9.17) is 0 Å². The largest absolute Gasteiger partial charge is 0.357 e. The molecule has 9 heteroatoms. The average Bonchev–Trinajstić information content (AvgIpc) is 2.98. The smallest absolute Gasteiger partial charge is 0.261 e. The highest BCUT2D eigenvalue weighted by Crippen LogP contribution is 2.22. The maximum Gasteiger partial charge on any atom is 0.261 e. The van der Waals surface area contributed by atoms with Gasteiger partial charge in [-0.3, -0.25) is 19.5 Å². The Balaban J connectivity index is 0.00000363. The van der Waals surface area contributed by atoms with Gasteiger partial charge in [-0.25, -0.2) is 8.78 Å². The minimum Gasteiger partial charge on any atom is -0.357 e. The Hall–Kier alpha value is -2.56. The first-order chi connectivity index (χ1) is 14.9. The second-order valence-electron chi connectivity index (χ2n) is 7.31. The van der Waals surface area contributed by atoms with Crippen molar-refractivity contribution in [3.63, 3.8) is 0 Å². The molecule has 2 aromatic rings. The second-order valence-corrected chi connectivity index (χ2v) is 7.31. The number of imide groups is 1. The summed E-state index contributed by atoms with van der Waals surface area (Å²) >= 11 is 0. The monoisotopic (exact) mass is 556 g/mol. The highest BCUT2D eigenvalue weighted by molar-refractivity contribution is 14.0. The molecule has 3 rings (SSSR count). The molecular formula is C23H27F2IN4O2. The van der Waals surface area contributed by atoms with E-state index in [0.29, 0.717) is 55.1 Å². The Bertz CT molecular complexity index is 965. The Kier molecular flexibility index (Phi) is 9.55. The summed E-state index contributed by atoms with van der Waals surface area (Å²) in [6.45, 7) is 5.12. The Morgan fingerprint density at radius 1 is 1.06 bits per heavy atom. The average molecular weight is 556 g/mol. The van der Waals surface area contributed by atoms with Crippen molar-refractivity contribution in [1.29, 1.82) is 0 Å². The summed E-state index contributed by atoms with van der Waals surface area (Å²) in [5.74, 6) is -1.23. The predicted octanol–water partition coefficient (Wildman–Crippen LogP) is 4.28. The first kappa shape index (κ1) is 25.7. The number of nitrogens with zero attached hydrogens (tertiary/aromatic N) is 2. The van der Waals surface area contributed by atoms with Crippen LogP contribution in [-0.4, -0.2) is 42.3 Å². The van der Waals surface area contributed by atoms with E-state index >= 15 is 0 Å². The maximum atomic E-state index is 14.0. The van der Waals surface area contributed by atoms with Gasteiger partial charge in [-0.05, 0) is 44.9 Å². The molecule has 1 aliphatic heterocycles. The minimum absolute atomic E-state index is 0. The molecule has 172 valence electrons. The summed E-state index contributed by atoms with van der Waals surface area (Å²) in [6.07, 6.45) is 1.29. The van der Waals surface area contributed by atoms with E-state index < -0.39 is 17.7 Å². The van der Waals surface area contributed by atoms with E-state index in [1.54, 1.807) is 31.2 Å². The fraction of sp³-hybridized carbons (Fsp3) is 0.348. The normalized spacial score (nSPS) is 14.1. The fourth-order valence-corrected chi connectivity index (χ4v) is 3.47. The standard InChI is InChI=1S/C23H26F2N4O2.HI/c1-3-26-23(28-15(2)17-11-10-16(24)14-20(17)25)27-12-6-7-13-29-21(30)18-8-4-5-9-19(18)22(29)31;/h4-5,8-11,14-15H,3,6-7,12-13H2,1-2H3,(H2,26,27,28);1H. The summed E-state index contributed by atoms with van der Waals surface area (Å²) in [6, 6.07) is 9.91. The van der Waals surface area contributed by atoms with Crippen molar-refractivity contribution in [2.24, 2.45) is 4.99 Å². The van der Waals surface area contributed by atoms with Crippen molar-refractivity contribution in [1.82, 2.24) is 15.5 Å². The summed E-state index contributed by atoms with van der Waals surface area (Å²) in [7, 11) is 0. The van der Waals surface area contributed by atoms with E-state index in [1.807, 2.05) is 6.92 Å². The molecule has 0 saturated carbocycles. The van der Waals surface area contributed by atoms with E-state index in [1.165, 1.54) is 17.0 Å². The molecule has 2 N–H and O–H groups in total. The molecule has 1 unspecified atom stereocenters. The van der Waals surface area contributed by atoms with Crippen LogP contribution in [-0.2, 0) is 0 Å². The lowest BCUT2D eigenvalue weighted by molar-refractivity contribution is 0.0652. The van der Waals surface area contributed by atoms with Gasteiger partial charge in [0.1, 0.15) is 11.6 Å². The van der Waals surface area contributed by atoms with Crippen LogP contribution in [0.2, 0.25) is 0 Å². The number of benzene rings is 2. The van der Waals surface area contributed by atoms with Crippen molar-refractivity contribution in [2.75, 3.05) is 19.6 Å². The first-order valence-corrected chi connectivity index (χ1v) is 10.4. The van der Waals surface area contributed by atoms with Crippen LogP contribution in [0, 0.1) is 11.6 Å². The van der Waals surface area contributed by atoms with Gasteiger partial charge in [-0.1, -0.05) is 18.2 Å². The third kappa shape index (κ3) is 6.02. The molecule has 1 aliphatic rings. The van der Waals surface area contributed by atoms with Gasteiger partial charge in [0.2, 0.25) is 0 Å². The third-order valence-corrected chi connectivity index (χ3v) is 5.06. The summed E-state index contributed by atoms with van der Waals surface area (Å²) in [5, 5.41) is 6.21. The zero-order valence-electron chi connectivity index (χ0n) is 18.0. The number of hydrogen-bond donors (Lipinski definition) is 2. The lowest BCUT2D eigenvalue weighted by Gasteiger charge is -2.19. The van der Waals surface area contributed by atoms with Crippen molar-refractivity contribution < 1.29 is 18.4 Å². The van der Waals surface area contributed by atoms with Crippen molar-refractivity contribution >= 4 is 41.8 Å². The lowest BCUT2D eigenvalue weighted by atomic mass is 10.1. The molecule has 0 aromatic heterocycles. The summed E-state index contributed by atoms with van der Waals surface area (Å²) in [5.41, 5.74) is 1.25. The van der Waals surface area contributed by atoms with Crippen LogP contribution in [0.25, 0.3) is 0 Å². The van der Waals surface area contributed by atoms with Crippen molar-refractivity contribution in [2.45, 2.75) is 32.7 Å². The highest BCUT2D eigenvalue weighted by atomic mass is 127. The van der Waals surface area contributed by atoms with Crippen molar-refractivity contribution in [3.05, 3.63) is 70.8 Å². The molecule has 1 heterocycles. The minimum atomic E-state index is -0.618. The SMILES string of the molecule is CCNC(=NCCCCN1C(=O)c2ccccc2C1=O)NC(C)c1ccc(F)cc1F.I. The number of hydrogen-bond acceptors (Lipinski definition) is 3. The van der Waals surface area contributed by atoms with Gasteiger partial charge < -0.3 is 10.6 Å². The Morgan fingerprint density at radius 3 is 2.31 bits per heavy atom. The first-order valence-electron chi connectivity index (χ1n) is 10.4. The molecular weight excluding hydrogens is 529 g/mol. The van der Waals surface area contributed by atoms with Gasteiger partial charge in [0, 0.05) is 31.3 Å². The van der Waals surface area contributed by atoms with Gasteiger partial charge in [0.15, 0.2) is 5.96 Å². The quantitative estimate of drug-likeness (QED) is 0.168. The number of amides is 2. The topological polar surface area (TPSA) is 73.8 Å². The van der Waals surface area contributed by atoms with E-state index in [9.17, 15) is 18.4 Å². The molecule has 2 amide bonds. The Morgan fingerprint density at radius 2 is 1.72 bits per heavy atom. The molecule has 0 aliphatic carbocycles. The molecule has 6 nitrogen and oxygen atoms in total. The number of fused-ring (bicyclic) bond motifs is 1. The fourth-order valence-electron chi connectivity index (χ4n) is 3.47. The number of carbonyl (C=O) groups excluding carboxylic acids is 2. The van der Waals surface area contributed by atoms with Crippen LogP contribution in [0.15, 0.2) is 47.5 Å². The maximum absolute atomic E-state index is 14.0. The van der Waals surface area contributed by atoms with Gasteiger partial charge in [0.25, 0.3) is 11.8 Å². The molecule has 2 aromatic carbocycles. The molecule has 0 saturated heterocycles. The van der Waals surface area contributed by atoms with Crippen LogP contribution < -0.4 is 10.6 Å². The van der Waals surface area contributed by atoms with Crippen LogP contribution in [0.1, 0.15) is 59.0 Å².